The second kappa shape index (κ2) is 7.50. The van der Waals surface area contributed by atoms with Gasteiger partial charge in [0.2, 0.25) is 5.88 Å². The smallest absolute Gasteiger partial charge is 0.239 e. The maximum absolute atomic E-state index is 5.91. The van der Waals surface area contributed by atoms with Crippen LogP contribution in [0, 0.1) is 5.92 Å². The van der Waals surface area contributed by atoms with E-state index in [2.05, 4.69) is 36.0 Å². The standard InChI is InChI=1S/C16H28N4O/c1-12(2)11-21-16-14(17)6-7-15(19-16)18-10-13(3)20-8-4-5-9-20/h6-7,12-13H,4-5,8-11,17H2,1-3H3,(H,18,19). The van der Waals surface area contributed by atoms with Crippen molar-refractivity contribution >= 4 is 11.5 Å². The Bertz CT molecular complexity index is 444. The zero-order valence-corrected chi connectivity index (χ0v) is 13.4. The predicted molar refractivity (Wildman–Crippen MR) is 87.7 cm³/mol. The third kappa shape index (κ3) is 4.77. The van der Waals surface area contributed by atoms with Crippen molar-refractivity contribution < 1.29 is 4.74 Å². The van der Waals surface area contributed by atoms with Gasteiger partial charge in [0.25, 0.3) is 0 Å². The van der Waals surface area contributed by atoms with Crippen molar-refractivity contribution in [2.75, 3.05) is 37.3 Å². The maximum Gasteiger partial charge on any atom is 0.239 e. The fourth-order valence-corrected chi connectivity index (χ4v) is 2.47. The number of nitrogen functional groups attached to an aromatic ring is 1. The third-order valence-corrected chi connectivity index (χ3v) is 3.79. The van der Waals surface area contributed by atoms with Crippen molar-refractivity contribution in [3.05, 3.63) is 12.1 Å². The molecule has 1 aromatic rings. The molecule has 118 valence electrons. The largest absolute Gasteiger partial charge is 0.476 e. The zero-order chi connectivity index (χ0) is 15.2. The average Bonchev–Trinajstić information content (AvgIpc) is 2.98. The van der Waals surface area contributed by atoms with Crippen LogP contribution in [0.25, 0.3) is 0 Å². The van der Waals surface area contributed by atoms with Gasteiger partial charge in [-0.1, -0.05) is 13.8 Å². The first-order valence-corrected chi connectivity index (χ1v) is 7.93. The van der Waals surface area contributed by atoms with Crippen molar-refractivity contribution in [2.24, 2.45) is 5.92 Å². The molecule has 0 aliphatic carbocycles. The van der Waals surface area contributed by atoms with E-state index in [0.717, 1.165) is 12.4 Å². The summed E-state index contributed by atoms with van der Waals surface area (Å²) in [5.41, 5.74) is 6.50. The van der Waals surface area contributed by atoms with Crippen LogP contribution >= 0.6 is 0 Å². The molecule has 0 spiro atoms. The number of hydrogen-bond donors (Lipinski definition) is 2. The van der Waals surface area contributed by atoms with E-state index in [1.54, 1.807) is 0 Å². The molecule has 1 unspecified atom stereocenters. The highest BCUT2D eigenvalue weighted by Crippen LogP contribution is 2.21. The number of rotatable bonds is 7. The highest BCUT2D eigenvalue weighted by Gasteiger charge is 2.17. The van der Waals surface area contributed by atoms with E-state index < -0.39 is 0 Å². The number of nitrogens with two attached hydrogens (primary N) is 1. The molecule has 2 heterocycles. The minimum Gasteiger partial charge on any atom is -0.476 e. The summed E-state index contributed by atoms with van der Waals surface area (Å²) in [6, 6.07) is 4.28. The summed E-state index contributed by atoms with van der Waals surface area (Å²) in [5, 5.41) is 3.39. The Hall–Kier alpha value is -1.49. The molecule has 1 aliphatic rings. The molecule has 1 aromatic heterocycles. The summed E-state index contributed by atoms with van der Waals surface area (Å²) >= 11 is 0. The van der Waals surface area contributed by atoms with Gasteiger partial charge in [-0.25, -0.2) is 0 Å². The molecule has 1 aliphatic heterocycles. The van der Waals surface area contributed by atoms with E-state index >= 15 is 0 Å². The summed E-state index contributed by atoms with van der Waals surface area (Å²) in [4.78, 5) is 6.98. The van der Waals surface area contributed by atoms with Crippen LogP contribution in [-0.2, 0) is 0 Å². The van der Waals surface area contributed by atoms with Crippen LogP contribution in [-0.4, -0.2) is 42.2 Å². The average molecular weight is 292 g/mol. The lowest BCUT2D eigenvalue weighted by molar-refractivity contribution is 0.262. The number of nitrogens with zero attached hydrogens (tertiary/aromatic N) is 2. The van der Waals surface area contributed by atoms with E-state index in [9.17, 15) is 0 Å². The van der Waals surface area contributed by atoms with Gasteiger partial charge < -0.3 is 15.8 Å². The van der Waals surface area contributed by atoms with Crippen LogP contribution in [0.2, 0.25) is 0 Å². The second-order valence-corrected chi connectivity index (χ2v) is 6.27. The number of pyridine rings is 1. The number of nitrogens with one attached hydrogen (secondary N) is 1. The fraction of sp³-hybridized carbons (Fsp3) is 0.688. The number of likely N-dealkylation sites (tertiary alicyclic amines) is 1. The van der Waals surface area contributed by atoms with E-state index in [1.807, 2.05) is 12.1 Å². The molecular formula is C16H28N4O. The molecule has 5 nitrogen and oxygen atoms in total. The Balaban J connectivity index is 1.89. The van der Waals surface area contributed by atoms with Gasteiger partial charge in [-0.15, -0.1) is 0 Å². The van der Waals surface area contributed by atoms with Crippen molar-refractivity contribution in [1.82, 2.24) is 9.88 Å². The van der Waals surface area contributed by atoms with E-state index in [1.165, 1.54) is 25.9 Å². The van der Waals surface area contributed by atoms with Gasteiger partial charge in [0.15, 0.2) is 0 Å². The van der Waals surface area contributed by atoms with Gasteiger partial charge in [0, 0.05) is 12.6 Å². The number of hydrogen-bond acceptors (Lipinski definition) is 5. The highest BCUT2D eigenvalue weighted by atomic mass is 16.5. The van der Waals surface area contributed by atoms with E-state index in [0.29, 0.717) is 30.1 Å². The van der Waals surface area contributed by atoms with Crippen molar-refractivity contribution in [3.63, 3.8) is 0 Å². The van der Waals surface area contributed by atoms with Gasteiger partial charge in [0.1, 0.15) is 5.82 Å². The Labute approximate surface area is 127 Å². The van der Waals surface area contributed by atoms with Gasteiger partial charge in [0.05, 0.1) is 12.3 Å². The monoisotopic (exact) mass is 292 g/mol. The molecule has 3 N–H and O–H groups in total. The first-order chi connectivity index (χ1) is 10.1. The first-order valence-electron chi connectivity index (χ1n) is 7.93. The van der Waals surface area contributed by atoms with Crippen LogP contribution < -0.4 is 15.8 Å². The van der Waals surface area contributed by atoms with Crippen LogP contribution in [0.15, 0.2) is 12.1 Å². The summed E-state index contributed by atoms with van der Waals surface area (Å²) in [6.45, 7) is 10.4. The topological polar surface area (TPSA) is 63.4 Å². The normalized spacial score (nSPS) is 17.1. The lowest BCUT2D eigenvalue weighted by atomic mass is 10.2. The number of anilines is 2. The lowest BCUT2D eigenvalue weighted by Crippen LogP contribution is -2.35. The zero-order valence-electron chi connectivity index (χ0n) is 13.4. The van der Waals surface area contributed by atoms with Crippen molar-refractivity contribution in [1.29, 1.82) is 0 Å². The Morgan fingerprint density at radius 3 is 2.67 bits per heavy atom. The number of aromatic nitrogens is 1. The molecule has 0 bridgehead atoms. The Morgan fingerprint density at radius 2 is 2.00 bits per heavy atom. The van der Waals surface area contributed by atoms with Crippen molar-refractivity contribution in [2.45, 2.75) is 39.7 Å². The molecule has 0 radical (unpaired) electrons. The van der Waals surface area contributed by atoms with E-state index in [4.69, 9.17) is 10.5 Å². The minimum atomic E-state index is 0.456. The number of ether oxygens (including phenoxy) is 1. The predicted octanol–water partition coefficient (Wildman–Crippen LogP) is 2.59. The van der Waals surface area contributed by atoms with Crippen LogP contribution in [0.4, 0.5) is 11.5 Å². The summed E-state index contributed by atoms with van der Waals surface area (Å²) in [5.74, 6) is 1.81. The molecule has 2 rings (SSSR count). The lowest BCUT2D eigenvalue weighted by Gasteiger charge is -2.24. The molecule has 0 amide bonds. The van der Waals surface area contributed by atoms with E-state index in [-0.39, 0.29) is 0 Å². The molecular weight excluding hydrogens is 264 g/mol. The molecule has 21 heavy (non-hydrogen) atoms. The van der Waals surface area contributed by atoms with Gasteiger partial charge in [-0.2, -0.15) is 4.98 Å². The summed E-state index contributed by atoms with van der Waals surface area (Å²) in [7, 11) is 0. The fourth-order valence-electron chi connectivity index (χ4n) is 2.47. The molecule has 1 fully saturated rings. The summed E-state index contributed by atoms with van der Waals surface area (Å²) < 4.78 is 5.66. The highest BCUT2D eigenvalue weighted by molar-refractivity contribution is 5.53. The molecule has 1 atom stereocenters. The molecule has 0 saturated carbocycles. The van der Waals surface area contributed by atoms with Crippen LogP contribution in [0.1, 0.15) is 33.6 Å². The maximum atomic E-state index is 5.91. The first kappa shape index (κ1) is 15.9. The Kier molecular flexibility index (Phi) is 5.67. The van der Waals surface area contributed by atoms with Gasteiger partial charge in [-0.3, -0.25) is 4.90 Å². The van der Waals surface area contributed by atoms with Gasteiger partial charge >= 0.3 is 0 Å². The van der Waals surface area contributed by atoms with Crippen molar-refractivity contribution in [3.8, 4) is 5.88 Å². The molecule has 1 saturated heterocycles. The van der Waals surface area contributed by atoms with Crippen LogP contribution in [0.3, 0.4) is 0 Å². The quantitative estimate of drug-likeness (QED) is 0.809. The Morgan fingerprint density at radius 1 is 1.29 bits per heavy atom. The SMILES string of the molecule is CC(C)COc1nc(NCC(C)N2CCCC2)ccc1N. The second-order valence-electron chi connectivity index (χ2n) is 6.27. The third-order valence-electron chi connectivity index (χ3n) is 3.79. The molecule has 5 heteroatoms. The minimum absolute atomic E-state index is 0.456. The van der Waals surface area contributed by atoms with Gasteiger partial charge in [-0.05, 0) is 50.9 Å². The van der Waals surface area contributed by atoms with Crippen LogP contribution in [0.5, 0.6) is 5.88 Å². The summed E-state index contributed by atoms with van der Waals surface area (Å²) in [6.07, 6.45) is 2.63. The molecule has 0 aromatic carbocycles.